The number of ether oxygens (including phenoxy) is 1. The van der Waals surface area contributed by atoms with Crippen LogP contribution in [0, 0.1) is 0 Å². The van der Waals surface area contributed by atoms with Crippen LogP contribution in [0.2, 0.25) is 0 Å². The minimum atomic E-state index is -0.326. The summed E-state index contributed by atoms with van der Waals surface area (Å²) >= 11 is 0. The SMILES string of the molecule is C=C(C)C(=O)OC(CC)NC(C)CC. The van der Waals surface area contributed by atoms with E-state index < -0.39 is 0 Å². The summed E-state index contributed by atoms with van der Waals surface area (Å²) in [7, 11) is 0. The lowest BCUT2D eigenvalue weighted by Crippen LogP contribution is -2.39. The second-order valence-corrected chi connectivity index (χ2v) is 3.56. The molecule has 0 aliphatic carbocycles. The highest BCUT2D eigenvalue weighted by Crippen LogP contribution is 2.02. The van der Waals surface area contributed by atoms with Crippen LogP contribution in [0.25, 0.3) is 0 Å². The van der Waals surface area contributed by atoms with Gasteiger partial charge in [0.15, 0.2) is 6.23 Å². The topological polar surface area (TPSA) is 38.3 Å². The van der Waals surface area contributed by atoms with Crippen LogP contribution in [0.4, 0.5) is 0 Å². The molecule has 14 heavy (non-hydrogen) atoms. The molecule has 0 rings (SSSR count). The van der Waals surface area contributed by atoms with Crippen LogP contribution in [-0.2, 0) is 9.53 Å². The van der Waals surface area contributed by atoms with Crippen LogP contribution < -0.4 is 5.32 Å². The zero-order valence-corrected chi connectivity index (χ0v) is 9.59. The van der Waals surface area contributed by atoms with Gasteiger partial charge in [-0.25, -0.2) is 4.79 Å². The Morgan fingerprint density at radius 2 is 2.00 bits per heavy atom. The van der Waals surface area contributed by atoms with Crippen LogP contribution in [0.5, 0.6) is 0 Å². The number of carbonyl (C=O) groups is 1. The van der Waals surface area contributed by atoms with E-state index in [-0.39, 0.29) is 12.2 Å². The number of carbonyl (C=O) groups excluding carboxylic acids is 1. The fourth-order valence-corrected chi connectivity index (χ4v) is 0.900. The van der Waals surface area contributed by atoms with Crippen LogP contribution >= 0.6 is 0 Å². The highest BCUT2D eigenvalue weighted by atomic mass is 16.6. The molecule has 3 nitrogen and oxygen atoms in total. The fourth-order valence-electron chi connectivity index (χ4n) is 0.900. The average Bonchev–Trinajstić information content (AvgIpc) is 2.16. The van der Waals surface area contributed by atoms with Crippen LogP contribution in [0.15, 0.2) is 12.2 Å². The van der Waals surface area contributed by atoms with E-state index in [4.69, 9.17) is 4.74 Å². The minimum absolute atomic E-state index is 0.200. The van der Waals surface area contributed by atoms with Crippen molar-refractivity contribution in [2.24, 2.45) is 0 Å². The lowest BCUT2D eigenvalue weighted by Gasteiger charge is -2.21. The molecule has 0 aromatic carbocycles. The Kier molecular flexibility index (Phi) is 6.21. The van der Waals surface area contributed by atoms with Crippen molar-refractivity contribution in [3.8, 4) is 0 Å². The highest BCUT2D eigenvalue weighted by molar-refractivity contribution is 5.87. The minimum Gasteiger partial charge on any atom is -0.443 e. The van der Waals surface area contributed by atoms with Gasteiger partial charge in [0, 0.05) is 11.6 Å². The zero-order chi connectivity index (χ0) is 11.1. The lowest BCUT2D eigenvalue weighted by molar-refractivity contribution is -0.146. The van der Waals surface area contributed by atoms with Crippen LogP contribution in [0.1, 0.15) is 40.5 Å². The largest absolute Gasteiger partial charge is 0.443 e. The van der Waals surface area contributed by atoms with Crippen molar-refractivity contribution in [1.82, 2.24) is 5.32 Å². The first-order chi connectivity index (χ1) is 6.51. The standard InChI is InChI=1S/C11H21NO2/c1-6-9(5)12-10(7-2)14-11(13)8(3)4/h9-10,12H,3,6-7H2,1-2,4-5H3. The summed E-state index contributed by atoms with van der Waals surface area (Å²) in [5.74, 6) is -0.326. The van der Waals surface area contributed by atoms with Crippen molar-refractivity contribution in [2.75, 3.05) is 0 Å². The van der Waals surface area contributed by atoms with Gasteiger partial charge in [0.1, 0.15) is 0 Å². The molecule has 0 spiro atoms. The van der Waals surface area contributed by atoms with Crippen molar-refractivity contribution >= 4 is 5.97 Å². The molecule has 0 amide bonds. The molecule has 0 bridgehead atoms. The predicted octanol–water partition coefficient (Wildman–Crippen LogP) is 2.23. The maximum Gasteiger partial charge on any atom is 0.334 e. The summed E-state index contributed by atoms with van der Waals surface area (Å²) in [4.78, 5) is 11.2. The third kappa shape index (κ3) is 5.02. The molecule has 0 saturated carbocycles. The quantitative estimate of drug-likeness (QED) is 0.405. The predicted molar refractivity (Wildman–Crippen MR) is 57.9 cm³/mol. The molecule has 82 valence electrons. The Bertz CT molecular complexity index is 201. The monoisotopic (exact) mass is 199 g/mol. The van der Waals surface area contributed by atoms with Gasteiger partial charge in [0.05, 0.1) is 0 Å². The van der Waals surface area contributed by atoms with Crippen molar-refractivity contribution in [2.45, 2.75) is 52.8 Å². The van der Waals surface area contributed by atoms with E-state index in [1.165, 1.54) is 0 Å². The van der Waals surface area contributed by atoms with Gasteiger partial charge in [-0.05, 0) is 26.7 Å². The third-order valence-corrected chi connectivity index (χ3v) is 2.05. The van der Waals surface area contributed by atoms with Crippen LogP contribution in [-0.4, -0.2) is 18.2 Å². The molecule has 1 N–H and O–H groups in total. The first-order valence-corrected chi connectivity index (χ1v) is 5.13. The lowest BCUT2D eigenvalue weighted by atomic mass is 10.2. The third-order valence-electron chi connectivity index (χ3n) is 2.05. The van der Waals surface area contributed by atoms with E-state index in [2.05, 4.69) is 25.7 Å². The maximum atomic E-state index is 11.2. The summed E-state index contributed by atoms with van der Waals surface area (Å²) in [5, 5.41) is 3.22. The average molecular weight is 199 g/mol. The zero-order valence-electron chi connectivity index (χ0n) is 9.59. The van der Waals surface area contributed by atoms with E-state index in [9.17, 15) is 4.79 Å². The first-order valence-electron chi connectivity index (χ1n) is 5.13. The number of hydrogen-bond acceptors (Lipinski definition) is 3. The van der Waals surface area contributed by atoms with E-state index in [0.29, 0.717) is 11.6 Å². The molecule has 0 aromatic rings. The molecular weight excluding hydrogens is 178 g/mol. The second-order valence-electron chi connectivity index (χ2n) is 3.56. The molecule has 0 aliphatic rings. The summed E-state index contributed by atoms with van der Waals surface area (Å²) in [6.45, 7) is 11.3. The van der Waals surface area contributed by atoms with Gasteiger partial charge >= 0.3 is 5.97 Å². The molecule has 0 heterocycles. The Morgan fingerprint density at radius 3 is 2.36 bits per heavy atom. The normalized spacial score (nSPS) is 14.6. The number of rotatable bonds is 6. The van der Waals surface area contributed by atoms with Gasteiger partial charge in [0.25, 0.3) is 0 Å². The summed E-state index contributed by atoms with van der Waals surface area (Å²) < 4.78 is 5.18. The molecule has 0 aromatic heterocycles. The number of esters is 1. The van der Waals surface area contributed by atoms with Gasteiger partial charge < -0.3 is 4.74 Å². The van der Waals surface area contributed by atoms with E-state index in [0.717, 1.165) is 12.8 Å². The van der Waals surface area contributed by atoms with Gasteiger partial charge in [0.2, 0.25) is 0 Å². The molecule has 2 atom stereocenters. The molecular formula is C11H21NO2. The van der Waals surface area contributed by atoms with E-state index in [1.807, 2.05) is 6.92 Å². The number of nitrogens with one attached hydrogen (secondary N) is 1. The van der Waals surface area contributed by atoms with Gasteiger partial charge in [-0.1, -0.05) is 20.4 Å². The smallest absolute Gasteiger partial charge is 0.334 e. The molecule has 0 radical (unpaired) electrons. The van der Waals surface area contributed by atoms with Crippen LogP contribution in [0.3, 0.4) is 0 Å². The van der Waals surface area contributed by atoms with Gasteiger partial charge in [-0.3, -0.25) is 5.32 Å². The fraction of sp³-hybridized carbons (Fsp3) is 0.727. The van der Waals surface area contributed by atoms with Crippen molar-refractivity contribution in [3.63, 3.8) is 0 Å². The van der Waals surface area contributed by atoms with E-state index in [1.54, 1.807) is 6.92 Å². The number of hydrogen-bond donors (Lipinski definition) is 1. The first kappa shape index (κ1) is 13.2. The summed E-state index contributed by atoms with van der Waals surface area (Å²) in [5.41, 5.74) is 0.439. The summed E-state index contributed by atoms with van der Waals surface area (Å²) in [6.07, 6.45) is 1.58. The highest BCUT2D eigenvalue weighted by Gasteiger charge is 2.14. The molecule has 0 aliphatic heterocycles. The Balaban J connectivity index is 4.02. The molecule has 2 unspecified atom stereocenters. The molecule has 0 fully saturated rings. The summed E-state index contributed by atoms with van der Waals surface area (Å²) in [6, 6.07) is 0.359. The van der Waals surface area contributed by atoms with Gasteiger partial charge in [-0.2, -0.15) is 0 Å². The van der Waals surface area contributed by atoms with Crippen molar-refractivity contribution in [1.29, 1.82) is 0 Å². The Morgan fingerprint density at radius 1 is 1.43 bits per heavy atom. The molecule has 3 heteroatoms. The Hall–Kier alpha value is -0.830. The second kappa shape index (κ2) is 6.60. The van der Waals surface area contributed by atoms with E-state index >= 15 is 0 Å². The Labute approximate surface area is 86.5 Å². The maximum absolute atomic E-state index is 11.2. The van der Waals surface area contributed by atoms with Crippen molar-refractivity contribution < 1.29 is 9.53 Å². The van der Waals surface area contributed by atoms with Gasteiger partial charge in [-0.15, -0.1) is 0 Å². The molecule has 0 saturated heterocycles. The van der Waals surface area contributed by atoms with Crippen molar-refractivity contribution in [3.05, 3.63) is 12.2 Å².